The molecule has 0 aliphatic carbocycles. The van der Waals surface area contributed by atoms with Crippen molar-refractivity contribution in [2.45, 2.75) is 13.5 Å². The Morgan fingerprint density at radius 3 is 3.15 bits per heavy atom. The van der Waals surface area contributed by atoms with Gasteiger partial charge in [-0.1, -0.05) is 6.58 Å². The number of ether oxygens (including phenoxy) is 1. The highest BCUT2D eigenvalue weighted by Crippen LogP contribution is 2.03. The molecule has 0 bridgehead atoms. The van der Waals surface area contributed by atoms with Crippen LogP contribution in [0.1, 0.15) is 12.6 Å². The molecule has 0 saturated heterocycles. The predicted octanol–water partition coefficient (Wildman–Crippen LogP) is 1.69. The van der Waals surface area contributed by atoms with Gasteiger partial charge < -0.3 is 9.30 Å². The first-order chi connectivity index (χ1) is 6.27. The highest BCUT2D eigenvalue weighted by Gasteiger charge is 2.04. The zero-order chi connectivity index (χ0) is 9.68. The smallest absolute Gasteiger partial charge is 0.325 e. The van der Waals surface area contributed by atoms with Gasteiger partial charge in [0.2, 0.25) is 0 Å². The highest BCUT2D eigenvalue weighted by atomic mass is 16.5. The summed E-state index contributed by atoms with van der Waals surface area (Å²) in [6.07, 6.45) is 3.53. The van der Waals surface area contributed by atoms with E-state index in [1.54, 1.807) is 17.6 Å². The minimum Gasteiger partial charge on any atom is -0.465 e. The number of rotatable bonds is 4. The van der Waals surface area contributed by atoms with E-state index in [1.807, 2.05) is 18.3 Å². The van der Waals surface area contributed by atoms with Crippen molar-refractivity contribution < 1.29 is 9.53 Å². The van der Waals surface area contributed by atoms with Crippen LogP contribution >= 0.6 is 0 Å². The molecule has 3 nitrogen and oxygen atoms in total. The predicted molar refractivity (Wildman–Crippen MR) is 51.2 cm³/mol. The molecule has 0 spiro atoms. The number of carbonyl (C=O) groups is 1. The van der Waals surface area contributed by atoms with Crippen LogP contribution < -0.4 is 0 Å². The molecule has 3 heteroatoms. The molecule has 13 heavy (non-hydrogen) atoms. The van der Waals surface area contributed by atoms with Gasteiger partial charge in [0.15, 0.2) is 0 Å². The molecule has 0 radical (unpaired) electrons. The van der Waals surface area contributed by atoms with Crippen molar-refractivity contribution in [1.82, 2.24) is 4.57 Å². The average Bonchev–Trinajstić information content (AvgIpc) is 2.52. The fraction of sp³-hybridized carbons (Fsp3) is 0.300. The van der Waals surface area contributed by atoms with Crippen LogP contribution in [0.25, 0.3) is 6.08 Å². The first kappa shape index (κ1) is 9.58. The molecule has 1 aromatic heterocycles. The van der Waals surface area contributed by atoms with Crippen molar-refractivity contribution in [3.05, 3.63) is 30.6 Å². The summed E-state index contributed by atoms with van der Waals surface area (Å²) in [6, 6.07) is 3.77. The standard InChI is InChI=1S/C10H13NO2/c1-3-9-6-5-7-11(9)8-10(12)13-4-2/h3,5-7H,1,4,8H2,2H3. The van der Waals surface area contributed by atoms with Crippen molar-refractivity contribution in [2.24, 2.45) is 0 Å². The van der Waals surface area contributed by atoms with E-state index in [4.69, 9.17) is 4.74 Å². The van der Waals surface area contributed by atoms with Gasteiger partial charge in [-0.3, -0.25) is 4.79 Å². The second-order valence-corrected chi connectivity index (χ2v) is 2.57. The Morgan fingerprint density at radius 1 is 1.77 bits per heavy atom. The van der Waals surface area contributed by atoms with E-state index >= 15 is 0 Å². The van der Waals surface area contributed by atoms with Crippen molar-refractivity contribution in [1.29, 1.82) is 0 Å². The normalized spacial score (nSPS) is 9.62. The van der Waals surface area contributed by atoms with Crippen LogP contribution in [0.4, 0.5) is 0 Å². The lowest BCUT2D eigenvalue weighted by Crippen LogP contribution is -2.13. The lowest BCUT2D eigenvalue weighted by Gasteiger charge is -2.05. The summed E-state index contributed by atoms with van der Waals surface area (Å²) in [5, 5.41) is 0. The van der Waals surface area contributed by atoms with Crippen molar-refractivity contribution in [3.63, 3.8) is 0 Å². The molecule has 0 aromatic carbocycles. The summed E-state index contributed by atoms with van der Waals surface area (Å²) in [6.45, 7) is 6.11. The summed E-state index contributed by atoms with van der Waals surface area (Å²) in [5.41, 5.74) is 0.924. The molecule has 1 aromatic rings. The quantitative estimate of drug-likeness (QED) is 0.659. The summed E-state index contributed by atoms with van der Waals surface area (Å²) in [7, 11) is 0. The average molecular weight is 179 g/mol. The van der Waals surface area contributed by atoms with E-state index in [9.17, 15) is 4.79 Å². The van der Waals surface area contributed by atoms with Gasteiger partial charge in [0, 0.05) is 11.9 Å². The summed E-state index contributed by atoms with van der Waals surface area (Å²) in [4.78, 5) is 11.1. The molecule has 0 unspecified atom stereocenters. The Hall–Kier alpha value is -1.51. The molecule has 1 heterocycles. The molecule has 70 valence electrons. The molecular weight excluding hydrogens is 166 g/mol. The molecule has 1 rings (SSSR count). The van der Waals surface area contributed by atoms with E-state index in [0.29, 0.717) is 6.61 Å². The minimum absolute atomic E-state index is 0.221. The third-order valence-electron chi connectivity index (χ3n) is 1.68. The van der Waals surface area contributed by atoms with Crippen LogP contribution in [-0.4, -0.2) is 17.1 Å². The third kappa shape index (κ3) is 2.47. The van der Waals surface area contributed by atoms with E-state index in [0.717, 1.165) is 5.69 Å². The minimum atomic E-state index is -0.221. The lowest BCUT2D eigenvalue weighted by atomic mass is 10.4. The second kappa shape index (κ2) is 4.50. The maximum Gasteiger partial charge on any atom is 0.325 e. The van der Waals surface area contributed by atoms with Crippen LogP contribution in [0.2, 0.25) is 0 Å². The van der Waals surface area contributed by atoms with Crippen molar-refractivity contribution in [2.75, 3.05) is 6.61 Å². The summed E-state index contributed by atoms with van der Waals surface area (Å²) >= 11 is 0. The van der Waals surface area contributed by atoms with Gasteiger partial charge in [-0.25, -0.2) is 0 Å². The number of nitrogens with zero attached hydrogens (tertiary/aromatic N) is 1. The molecule has 0 aliphatic heterocycles. The largest absolute Gasteiger partial charge is 0.465 e. The van der Waals surface area contributed by atoms with Crippen LogP contribution in [0.15, 0.2) is 24.9 Å². The highest BCUT2D eigenvalue weighted by molar-refractivity contribution is 5.69. The van der Waals surface area contributed by atoms with Crippen molar-refractivity contribution in [3.8, 4) is 0 Å². The van der Waals surface area contributed by atoms with E-state index in [-0.39, 0.29) is 12.5 Å². The fourth-order valence-electron chi connectivity index (χ4n) is 1.10. The number of esters is 1. The third-order valence-corrected chi connectivity index (χ3v) is 1.68. The molecule has 0 fully saturated rings. The van der Waals surface area contributed by atoms with Gasteiger partial charge in [-0.15, -0.1) is 0 Å². The molecule has 0 atom stereocenters. The Morgan fingerprint density at radius 2 is 2.54 bits per heavy atom. The SMILES string of the molecule is C=Cc1cccn1CC(=O)OCC. The molecule has 0 amide bonds. The lowest BCUT2D eigenvalue weighted by molar-refractivity contribution is -0.143. The Kier molecular flexibility index (Phi) is 3.31. The van der Waals surface area contributed by atoms with Gasteiger partial charge >= 0.3 is 5.97 Å². The number of carbonyl (C=O) groups excluding carboxylic acids is 1. The second-order valence-electron chi connectivity index (χ2n) is 2.57. The Bertz CT molecular complexity index is 302. The van der Waals surface area contributed by atoms with Gasteiger partial charge in [-0.2, -0.15) is 0 Å². The van der Waals surface area contributed by atoms with Gasteiger partial charge in [0.25, 0.3) is 0 Å². The monoisotopic (exact) mass is 179 g/mol. The number of hydrogen-bond acceptors (Lipinski definition) is 2. The maximum absolute atomic E-state index is 11.1. The Labute approximate surface area is 77.6 Å². The molecular formula is C10H13NO2. The van der Waals surface area contributed by atoms with Crippen LogP contribution in [-0.2, 0) is 16.1 Å². The summed E-state index contributed by atoms with van der Waals surface area (Å²) in [5.74, 6) is -0.221. The van der Waals surface area contributed by atoms with Crippen LogP contribution in [0, 0.1) is 0 Å². The first-order valence-electron chi connectivity index (χ1n) is 4.21. The number of hydrogen-bond donors (Lipinski definition) is 0. The molecule has 0 aliphatic rings. The zero-order valence-electron chi connectivity index (χ0n) is 7.69. The first-order valence-corrected chi connectivity index (χ1v) is 4.21. The topological polar surface area (TPSA) is 31.2 Å². The van der Waals surface area contributed by atoms with Crippen LogP contribution in [0.3, 0.4) is 0 Å². The molecule has 0 saturated carbocycles. The zero-order valence-corrected chi connectivity index (χ0v) is 7.69. The van der Waals surface area contributed by atoms with Gasteiger partial charge in [0.1, 0.15) is 6.54 Å². The van der Waals surface area contributed by atoms with Gasteiger partial charge in [0.05, 0.1) is 6.61 Å². The van der Waals surface area contributed by atoms with E-state index in [1.165, 1.54) is 0 Å². The Balaban J connectivity index is 2.62. The van der Waals surface area contributed by atoms with Crippen LogP contribution in [0.5, 0.6) is 0 Å². The van der Waals surface area contributed by atoms with Gasteiger partial charge in [-0.05, 0) is 25.1 Å². The summed E-state index contributed by atoms with van der Waals surface area (Å²) < 4.78 is 6.62. The number of aromatic nitrogens is 1. The van der Waals surface area contributed by atoms with Crippen molar-refractivity contribution >= 4 is 12.0 Å². The fourth-order valence-corrected chi connectivity index (χ4v) is 1.10. The molecule has 0 N–H and O–H groups in total. The maximum atomic E-state index is 11.1. The van der Waals surface area contributed by atoms with E-state index in [2.05, 4.69) is 6.58 Å². The van der Waals surface area contributed by atoms with E-state index < -0.39 is 0 Å².